The Morgan fingerprint density at radius 3 is 1.76 bits per heavy atom. The van der Waals surface area contributed by atoms with Crippen LogP contribution in [0.5, 0.6) is 0 Å². The summed E-state index contributed by atoms with van der Waals surface area (Å²) in [4.78, 5) is 12.2. The Morgan fingerprint density at radius 2 is 1.27 bits per heavy atom. The highest BCUT2D eigenvalue weighted by molar-refractivity contribution is 7.86. The number of carbonyl (C=O) groups excluding carboxylic acids is 1. The Kier molecular flexibility index (Phi) is 19.5. The van der Waals surface area contributed by atoms with E-state index in [1.807, 2.05) is 6.92 Å². The van der Waals surface area contributed by atoms with Gasteiger partial charge in [-0.25, -0.2) is 0 Å². The lowest BCUT2D eigenvalue weighted by atomic mass is 10.0. The van der Waals surface area contributed by atoms with Crippen LogP contribution >= 0.6 is 0 Å². The van der Waals surface area contributed by atoms with E-state index in [9.17, 15) is 18.3 Å². The van der Waals surface area contributed by atoms with Crippen molar-refractivity contribution in [3.63, 3.8) is 0 Å². The minimum atomic E-state index is -3.89. The number of ether oxygens (including phenoxy) is 1. The first-order valence-corrected chi connectivity index (χ1v) is 16.0. The summed E-state index contributed by atoms with van der Waals surface area (Å²) in [6.45, 7) is 3.91. The van der Waals surface area contributed by atoms with E-state index < -0.39 is 10.1 Å². The molecule has 1 aromatic rings. The Morgan fingerprint density at radius 1 is 0.784 bits per heavy atom. The van der Waals surface area contributed by atoms with Crippen LogP contribution in [0, 0.1) is 12.8 Å². The molecule has 0 bridgehead atoms. The summed E-state index contributed by atoms with van der Waals surface area (Å²) < 4.78 is 35.2. The van der Waals surface area contributed by atoms with E-state index in [-0.39, 0.29) is 36.6 Å². The predicted molar refractivity (Wildman–Crippen MR) is 150 cm³/mol. The van der Waals surface area contributed by atoms with Crippen LogP contribution in [0.4, 0.5) is 0 Å². The monoisotopic (exact) mass is 540 g/mol. The third-order valence-electron chi connectivity index (χ3n) is 6.77. The topological polar surface area (TPSA) is 89.9 Å². The van der Waals surface area contributed by atoms with Gasteiger partial charge in [-0.3, -0.25) is 8.98 Å². The van der Waals surface area contributed by atoms with Gasteiger partial charge in [-0.05, 0) is 31.9 Å². The van der Waals surface area contributed by atoms with Crippen LogP contribution in [0.2, 0.25) is 0 Å². The number of carbonyl (C=O) groups is 1. The van der Waals surface area contributed by atoms with Gasteiger partial charge in [-0.15, -0.1) is 0 Å². The first kappa shape index (κ1) is 33.6. The molecule has 1 atom stereocenters. The number of hydrogen-bond donors (Lipinski definition) is 1. The van der Waals surface area contributed by atoms with Gasteiger partial charge in [0.25, 0.3) is 10.1 Å². The van der Waals surface area contributed by atoms with Gasteiger partial charge in [0, 0.05) is 18.9 Å². The van der Waals surface area contributed by atoms with Crippen molar-refractivity contribution in [2.75, 3.05) is 19.8 Å². The van der Waals surface area contributed by atoms with Crippen molar-refractivity contribution in [2.24, 2.45) is 5.92 Å². The van der Waals surface area contributed by atoms with Gasteiger partial charge in [0.1, 0.15) is 0 Å². The van der Waals surface area contributed by atoms with Crippen LogP contribution in [0.3, 0.4) is 0 Å². The molecule has 0 unspecified atom stereocenters. The lowest BCUT2D eigenvalue weighted by Gasteiger charge is -2.16. The number of esters is 1. The van der Waals surface area contributed by atoms with Crippen molar-refractivity contribution >= 4 is 16.1 Å². The normalized spacial score (nSPS) is 12.5. The van der Waals surface area contributed by atoms with Crippen molar-refractivity contribution in [1.29, 1.82) is 0 Å². The molecule has 0 heterocycles. The summed E-state index contributed by atoms with van der Waals surface area (Å²) in [6, 6.07) is 6.43. The van der Waals surface area contributed by atoms with Crippen LogP contribution in [0.1, 0.15) is 122 Å². The molecule has 6 nitrogen and oxygen atoms in total. The summed E-state index contributed by atoms with van der Waals surface area (Å²) in [5.74, 6) is -0.658. The summed E-state index contributed by atoms with van der Waals surface area (Å²) in [6.07, 6.45) is 19.8. The largest absolute Gasteiger partial charge is 0.465 e. The van der Waals surface area contributed by atoms with E-state index in [0.29, 0.717) is 12.8 Å². The molecule has 0 spiro atoms. The lowest BCUT2D eigenvalue weighted by molar-refractivity contribution is -0.145. The van der Waals surface area contributed by atoms with Crippen LogP contribution < -0.4 is 0 Å². The van der Waals surface area contributed by atoms with Gasteiger partial charge in [0.2, 0.25) is 0 Å². The predicted octanol–water partition coefficient (Wildman–Crippen LogP) is 7.50. The number of hydrogen-bond acceptors (Lipinski definition) is 6. The lowest BCUT2D eigenvalue weighted by Crippen LogP contribution is -2.22. The van der Waals surface area contributed by atoms with Crippen LogP contribution in [0.25, 0.3) is 0 Å². The maximum atomic E-state index is 12.4. The standard InChI is InChI=1S/C30H52O6S/c1-3-4-5-6-7-8-9-10-11-12-13-14-15-16-17-18-30(32)35-25-28(23-24-31)26-36-37(33,34)29-21-19-27(2)20-22-29/h19-22,28,31H,3-18,23-26H2,1-2H3/t28-/m0/s1. The minimum Gasteiger partial charge on any atom is -0.465 e. The summed E-state index contributed by atoms with van der Waals surface area (Å²) in [5.41, 5.74) is 0.957. The second-order valence-corrected chi connectivity index (χ2v) is 11.9. The highest BCUT2D eigenvalue weighted by Gasteiger charge is 2.19. The molecule has 1 rings (SSSR count). The van der Waals surface area contributed by atoms with Crippen molar-refractivity contribution in [3.8, 4) is 0 Å². The number of unbranched alkanes of at least 4 members (excludes halogenated alkanes) is 14. The van der Waals surface area contributed by atoms with Crippen LogP contribution in [-0.4, -0.2) is 39.3 Å². The van der Waals surface area contributed by atoms with E-state index >= 15 is 0 Å². The molecule has 37 heavy (non-hydrogen) atoms. The zero-order valence-corrected chi connectivity index (χ0v) is 24.2. The molecule has 1 aromatic carbocycles. The minimum absolute atomic E-state index is 0.0432. The fraction of sp³-hybridized carbons (Fsp3) is 0.767. The molecule has 7 heteroatoms. The fourth-order valence-corrected chi connectivity index (χ4v) is 5.26. The van der Waals surface area contributed by atoms with E-state index in [2.05, 4.69) is 6.92 Å². The molecule has 0 amide bonds. The molecule has 0 radical (unpaired) electrons. The molecule has 0 aliphatic carbocycles. The average Bonchev–Trinajstić information content (AvgIpc) is 2.88. The highest BCUT2D eigenvalue weighted by Crippen LogP contribution is 2.17. The molecular formula is C30H52O6S. The highest BCUT2D eigenvalue weighted by atomic mass is 32.2. The zero-order valence-electron chi connectivity index (χ0n) is 23.4. The van der Waals surface area contributed by atoms with Gasteiger partial charge < -0.3 is 9.84 Å². The first-order chi connectivity index (χ1) is 17.9. The number of aryl methyl sites for hydroxylation is 1. The fourth-order valence-electron chi connectivity index (χ4n) is 4.28. The van der Waals surface area contributed by atoms with E-state index in [1.54, 1.807) is 12.1 Å². The molecule has 0 saturated heterocycles. The third-order valence-corrected chi connectivity index (χ3v) is 8.07. The Balaban J connectivity index is 2.06. The van der Waals surface area contributed by atoms with E-state index in [4.69, 9.17) is 8.92 Å². The average molecular weight is 541 g/mol. The molecule has 0 saturated carbocycles. The molecular weight excluding hydrogens is 488 g/mol. The van der Waals surface area contributed by atoms with Crippen molar-refractivity contribution < 1.29 is 27.2 Å². The Hall–Kier alpha value is -1.44. The van der Waals surface area contributed by atoms with E-state index in [1.165, 1.54) is 89.2 Å². The molecule has 0 aliphatic rings. The smallest absolute Gasteiger partial charge is 0.305 e. The quantitative estimate of drug-likeness (QED) is 0.0829. The summed E-state index contributed by atoms with van der Waals surface area (Å²) >= 11 is 0. The third kappa shape index (κ3) is 17.7. The number of rotatable bonds is 24. The second kappa shape index (κ2) is 21.5. The van der Waals surface area contributed by atoms with Gasteiger partial charge in [0.15, 0.2) is 0 Å². The molecule has 1 N–H and O–H groups in total. The van der Waals surface area contributed by atoms with Crippen molar-refractivity contribution in [1.82, 2.24) is 0 Å². The van der Waals surface area contributed by atoms with Gasteiger partial charge in [-0.1, -0.05) is 115 Å². The maximum absolute atomic E-state index is 12.4. The molecule has 0 aliphatic heterocycles. The van der Waals surface area contributed by atoms with Crippen LogP contribution in [0.15, 0.2) is 29.2 Å². The number of benzene rings is 1. The molecule has 214 valence electrons. The van der Waals surface area contributed by atoms with Crippen molar-refractivity contribution in [2.45, 2.75) is 128 Å². The molecule has 0 fully saturated rings. The van der Waals surface area contributed by atoms with E-state index in [0.717, 1.165) is 24.8 Å². The van der Waals surface area contributed by atoms with Gasteiger partial charge in [-0.2, -0.15) is 8.42 Å². The van der Waals surface area contributed by atoms with Crippen molar-refractivity contribution in [3.05, 3.63) is 29.8 Å². The Labute approximate surface area is 226 Å². The van der Waals surface area contributed by atoms with Gasteiger partial charge in [0.05, 0.1) is 18.1 Å². The molecule has 0 aromatic heterocycles. The second-order valence-electron chi connectivity index (χ2n) is 10.3. The maximum Gasteiger partial charge on any atom is 0.305 e. The van der Waals surface area contributed by atoms with Gasteiger partial charge >= 0.3 is 5.97 Å². The zero-order chi connectivity index (χ0) is 27.2. The SMILES string of the molecule is CCCCCCCCCCCCCCCCCC(=O)OC[C@H](CCO)COS(=O)(=O)c1ccc(C)cc1. The number of aliphatic hydroxyl groups is 1. The summed E-state index contributed by atoms with van der Waals surface area (Å²) in [5, 5.41) is 9.29. The number of aliphatic hydroxyl groups excluding tert-OH is 1. The summed E-state index contributed by atoms with van der Waals surface area (Å²) in [7, 11) is -3.89. The van der Waals surface area contributed by atoms with Crippen LogP contribution in [-0.2, 0) is 23.8 Å². The first-order valence-electron chi connectivity index (χ1n) is 14.6. The Bertz CT molecular complexity index is 791.